The summed E-state index contributed by atoms with van der Waals surface area (Å²) in [5, 5.41) is 7.89. The number of nitrogens with two attached hydrogens (primary N) is 1. The van der Waals surface area contributed by atoms with Crippen LogP contribution in [-0.4, -0.2) is 25.9 Å². The molecule has 7 heteroatoms. The lowest BCUT2D eigenvalue weighted by molar-refractivity contribution is -0.116. The summed E-state index contributed by atoms with van der Waals surface area (Å²) in [4.78, 5) is 17.8. The monoisotopic (exact) mass is 311 g/mol. The number of ketones is 1. The van der Waals surface area contributed by atoms with Gasteiger partial charge in [0.15, 0.2) is 11.5 Å². The molecule has 0 unspecified atom stereocenters. The lowest BCUT2D eigenvalue weighted by atomic mass is 10.2. The van der Waals surface area contributed by atoms with Crippen molar-refractivity contribution >= 4 is 11.6 Å². The van der Waals surface area contributed by atoms with Crippen molar-refractivity contribution in [1.29, 1.82) is 0 Å². The van der Waals surface area contributed by atoms with Crippen LogP contribution in [0.1, 0.15) is 20.3 Å². The molecule has 0 saturated heterocycles. The molecular formula is C16H17N5O2. The number of hydrogen-bond donors (Lipinski definition) is 1. The molecule has 3 aromatic rings. The van der Waals surface area contributed by atoms with Gasteiger partial charge in [0.1, 0.15) is 5.78 Å². The second-order valence-corrected chi connectivity index (χ2v) is 4.62. The Morgan fingerprint density at radius 3 is 2.30 bits per heavy atom. The van der Waals surface area contributed by atoms with E-state index in [0.29, 0.717) is 18.0 Å². The standard InChI is InChI=1S/C12H9N5O.C4H8O/c13-10-9(14-6-7-15-10)12-17-16-11(18-12)8-4-2-1-3-5-8;1-3-4(2)5/h1-7H,(H2,13,15);3H2,1-2H3. The number of aromatic nitrogens is 4. The average molecular weight is 311 g/mol. The van der Waals surface area contributed by atoms with Crippen molar-refractivity contribution in [3.8, 4) is 23.0 Å². The summed E-state index contributed by atoms with van der Waals surface area (Å²) < 4.78 is 5.53. The zero-order valence-electron chi connectivity index (χ0n) is 12.9. The van der Waals surface area contributed by atoms with E-state index in [4.69, 9.17) is 10.2 Å². The van der Waals surface area contributed by atoms with Gasteiger partial charge in [-0.1, -0.05) is 25.1 Å². The zero-order valence-corrected chi connectivity index (χ0v) is 12.9. The molecule has 7 nitrogen and oxygen atoms in total. The molecule has 0 radical (unpaired) electrons. The number of nitrogens with zero attached hydrogens (tertiary/aromatic N) is 4. The molecular weight excluding hydrogens is 294 g/mol. The maximum atomic E-state index is 9.81. The summed E-state index contributed by atoms with van der Waals surface area (Å²) in [7, 11) is 0. The highest BCUT2D eigenvalue weighted by Gasteiger charge is 2.14. The SMILES string of the molecule is CCC(C)=O.Nc1nccnc1-c1nnc(-c2ccccc2)o1. The molecule has 23 heavy (non-hydrogen) atoms. The molecule has 2 aromatic heterocycles. The van der Waals surface area contributed by atoms with Crippen LogP contribution in [0.2, 0.25) is 0 Å². The zero-order chi connectivity index (χ0) is 16.7. The van der Waals surface area contributed by atoms with E-state index in [9.17, 15) is 4.79 Å². The third-order valence-corrected chi connectivity index (χ3v) is 2.87. The molecule has 0 atom stereocenters. The van der Waals surface area contributed by atoms with E-state index in [0.717, 1.165) is 5.56 Å². The van der Waals surface area contributed by atoms with Crippen LogP contribution in [0.5, 0.6) is 0 Å². The molecule has 0 aliphatic heterocycles. The van der Waals surface area contributed by atoms with Gasteiger partial charge in [0.2, 0.25) is 5.89 Å². The van der Waals surface area contributed by atoms with E-state index in [-0.39, 0.29) is 17.5 Å². The fourth-order valence-corrected chi connectivity index (χ4v) is 1.53. The summed E-state index contributed by atoms with van der Waals surface area (Å²) in [5.41, 5.74) is 6.94. The first-order valence-electron chi connectivity index (χ1n) is 7.07. The number of anilines is 1. The minimum atomic E-state index is 0.255. The Kier molecular flexibility index (Phi) is 5.51. The first-order chi connectivity index (χ1) is 11.1. The number of rotatable bonds is 3. The van der Waals surface area contributed by atoms with Crippen molar-refractivity contribution in [2.45, 2.75) is 20.3 Å². The van der Waals surface area contributed by atoms with E-state index in [1.54, 1.807) is 6.92 Å². The quantitative estimate of drug-likeness (QED) is 0.792. The predicted octanol–water partition coefficient (Wildman–Crippen LogP) is 2.76. The van der Waals surface area contributed by atoms with Gasteiger partial charge in [-0.15, -0.1) is 10.2 Å². The van der Waals surface area contributed by atoms with Crippen LogP contribution < -0.4 is 5.73 Å². The molecule has 0 saturated carbocycles. The largest absolute Gasteiger partial charge is 0.414 e. The molecule has 0 fully saturated rings. The van der Waals surface area contributed by atoms with Crippen molar-refractivity contribution in [2.24, 2.45) is 0 Å². The van der Waals surface area contributed by atoms with Crippen molar-refractivity contribution in [3.05, 3.63) is 42.7 Å². The molecule has 0 spiro atoms. The van der Waals surface area contributed by atoms with Gasteiger partial charge in [0, 0.05) is 24.4 Å². The van der Waals surface area contributed by atoms with Crippen LogP contribution >= 0.6 is 0 Å². The third kappa shape index (κ3) is 4.44. The second kappa shape index (κ2) is 7.79. The molecule has 118 valence electrons. The highest BCUT2D eigenvalue weighted by molar-refractivity contribution is 5.74. The second-order valence-electron chi connectivity index (χ2n) is 4.62. The van der Waals surface area contributed by atoms with Crippen molar-refractivity contribution in [2.75, 3.05) is 5.73 Å². The first kappa shape index (κ1) is 16.3. The lowest BCUT2D eigenvalue weighted by Gasteiger charge is -1.96. The maximum Gasteiger partial charge on any atom is 0.270 e. The minimum absolute atomic E-state index is 0.255. The molecule has 3 rings (SSSR count). The van der Waals surface area contributed by atoms with Crippen LogP contribution in [0.15, 0.2) is 47.1 Å². The number of benzene rings is 1. The summed E-state index contributed by atoms with van der Waals surface area (Å²) in [6.45, 7) is 3.43. The van der Waals surface area contributed by atoms with Crippen LogP contribution in [0, 0.1) is 0 Å². The molecule has 0 bridgehead atoms. The van der Waals surface area contributed by atoms with Gasteiger partial charge in [0.05, 0.1) is 0 Å². The molecule has 1 aromatic carbocycles. The Hall–Kier alpha value is -3.09. The number of Topliss-reactive ketones (excluding diaryl/α,β-unsaturated/α-hetero) is 1. The predicted molar refractivity (Wildman–Crippen MR) is 86.1 cm³/mol. The minimum Gasteiger partial charge on any atom is -0.414 e. The average Bonchev–Trinajstić information content (AvgIpc) is 3.06. The Labute approximate surface area is 133 Å². The van der Waals surface area contributed by atoms with Gasteiger partial charge in [-0.3, -0.25) is 0 Å². The summed E-state index contributed by atoms with van der Waals surface area (Å²) in [6.07, 6.45) is 3.70. The Morgan fingerprint density at radius 2 is 1.70 bits per heavy atom. The van der Waals surface area contributed by atoms with E-state index < -0.39 is 0 Å². The third-order valence-electron chi connectivity index (χ3n) is 2.87. The Balaban J connectivity index is 0.000000338. The highest BCUT2D eigenvalue weighted by Crippen LogP contribution is 2.24. The lowest BCUT2D eigenvalue weighted by Crippen LogP contribution is -1.95. The van der Waals surface area contributed by atoms with Gasteiger partial charge in [0.25, 0.3) is 5.89 Å². The first-order valence-corrected chi connectivity index (χ1v) is 7.07. The van der Waals surface area contributed by atoms with E-state index in [1.807, 2.05) is 37.3 Å². The maximum absolute atomic E-state index is 9.81. The van der Waals surface area contributed by atoms with Crippen molar-refractivity contribution < 1.29 is 9.21 Å². The molecule has 2 N–H and O–H groups in total. The number of hydrogen-bond acceptors (Lipinski definition) is 7. The summed E-state index contributed by atoms with van der Waals surface area (Å²) in [6, 6.07) is 9.49. The van der Waals surface area contributed by atoms with Crippen LogP contribution in [-0.2, 0) is 4.79 Å². The van der Waals surface area contributed by atoms with Crippen LogP contribution in [0.25, 0.3) is 23.0 Å². The Morgan fingerprint density at radius 1 is 1.09 bits per heavy atom. The summed E-state index contributed by atoms with van der Waals surface area (Å²) in [5.74, 6) is 1.21. The Bertz CT molecular complexity index is 771. The fraction of sp³-hybridized carbons (Fsp3) is 0.188. The number of nitrogen functional groups attached to an aromatic ring is 1. The van der Waals surface area contributed by atoms with E-state index >= 15 is 0 Å². The molecule has 0 amide bonds. The highest BCUT2D eigenvalue weighted by atomic mass is 16.4. The molecule has 0 aliphatic carbocycles. The summed E-state index contributed by atoms with van der Waals surface area (Å²) >= 11 is 0. The van der Waals surface area contributed by atoms with Crippen LogP contribution in [0.3, 0.4) is 0 Å². The topological polar surface area (TPSA) is 108 Å². The van der Waals surface area contributed by atoms with Gasteiger partial charge in [-0.05, 0) is 19.1 Å². The van der Waals surface area contributed by atoms with Gasteiger partial charge in [-0.25, -0.2) is 9.97 Å². The van der Waals surface area contributed by atoms with Crippen molar-refractivity contribution in [1.82, 2.24) is 20.2 Å². The normalized spacial score (nSPS) is 9.83. The number of carbonyl (C=O) groups excluding carboxylic acids is 1. The van der Waals surface area contributed by atoms with Gasteiger partial charge in [-0.2, -0.15) is 0 Å². The molecule has 0 aliphatic rings. The van der Waals surface area contributed by atoms with Gasteiger partial charge < -0.3 is 14.9 Å². The van der Waals surface area contributed by atoms with E-state index in [2.05, 4.69) is 20.2 Å². The van der Waals surface area contributed by atoms with Gasteiger partial charge >= 0.3 is 0 Å². The van der Waals surface area contributed by atoms with Crippen molar-refractivity contribution in [3.63, 3.8) is 0 Å². The smallest absolute Gasteiger partial charge is 0.270 e. The molecule has 2 heterocycles. The van der Waals surface area contributed by atoms with E-state index in [1.165, 1.54) is 12.4 Å². The number of carbonyl (C=O) groups is 1. The fourth-order valence-electron chi connectivity index (χ4n) is 1.53. The van der Waals surface area contributed by atoms with Crippen LogP contribution in [0.4, 0.5) is 5.82 Å².